The molecule has 1 heterocycles. The molecule has 120 valence electrons. The largest absolute Gasteiger partial charge is 0.497 e. The van der Waals surface area contributed by atoms with E-state index in [1.54, 1.807) is 25.1 Å². The van der Waals surface area contributed by atoms with E-state index in [-0.39, 0.29) is 17.9 Å². The number of aryl methyl sites for hydroxylation is 1. The van der Waals surface area contributed by atoms with Gasteiger partial charge in [0.1, 0.15) is 5.75 Å². The van der Waals surface area contributed by atoms with Crippen LogP contribution in [0.3, 0.4) is 0 Å². The summed E-state index contributed by atoms with van der Waals surface area (Å²) in [7, 11) is -2.09. The minimum absolute atomic E-state index is 0.125. The van der Waals surface area contributed by atoms with Gasteiger partial charge >= 0.3 is 0 Å². The molecule has 7 heteroatoms. The zero-order valence-electron chi connectivity index (χ0n) is 12.4. The second kappa shape index (κ2) is 6.95. The summed E-state index contributed by atoms with van der Waals surface area (Å²) in [6, 6.07) is 6.41. The zero-order valence-corrected chi connectivity index (χ0v) is 13.3. The molecule has 0 amide bonds. The minimum Gasteiger partial charge on any atom is -0.497 e. The van der Waals surface area contributed by atoms with Gasteiger partial charge in [0.25, 0.3) is 0 Å². The number of aliphatic hydroxyl groups excluding tert-OH is 1. The number of aliphatic hydroxyl groups is 1. The number of hydrogen-bond donors (Lipinski definition) is 2. The Hall–Kier alpha value is -1.83. The smallest absolute Gasteiger partial charge is 0.240 e. The van der Waals surface area contributed by atoms with Gasteiger partial charge in [-0.1, -0.05) is 0 Å². The molecule has 1 aromatic carbocycles. The average molecular weight is 325 g/mol. The first-order valence-electron chi connectivity index (χ1n) is 6.78. The Balaban J connectivity index is 1.99. The highest BCUT2D eigenvalue weighted by Gasteiger charge is 2.18. The van der Waals surface area contributed by atoms with Crippen molar-refractivity contribution in [1.29, 1.82) is 0 Å². The third-order valence-corrected chi connectivity index (χ3v) is 4.93. The van der Waals surface area contributed by atoms with Gasteiger partial charge in [0.15, 0.2) is 0 Å². The molecule has 0 aliphatic rings. The summed E-state index contributed by atoms with van der Waals surface area (Å²) in [4.78, 5) is 0.200. The van der Waals surface area contributed by atoms with Gasteiger partial charge in [0, 0.05) is 12.1 Å². The first-order valence-corrected chi connectivity index (χ1v) is 8.27. The van der Waals surface area contributed by atoms with Crippen LogP contribution in [0.5, 0.6) is 5.75 Å². The lowest BCUT2D eigenvalue weighted by Gasteiger charge is -2.12. The molecule has 1 atom stereocenters. The zero-order chi connectivity index (χ0) is 16.2. The Morgan fingerprint density at radius 3 is 2.73 bits per heavy atom. The average Bonchev–Trinajstić information content (AvgIpc) is 3.00. The van der Waals surface area contributed by atoms with Crippen molar-refractivity contribution in [3.63, 3.8) is 0 Å². The molecule has 0 unspecified atom stereocenters. The van der Waals surface area contributed by atoms with Crippen molar-refractivity contribution in [3.05, 3.63) is 47.9 Å². The second-order valence-electron chi connectivity index (χ2n) is 4.89. The van der Waals surface area contributed by atoms with E-state index in [9.17, 15) is 13.5 Å². The van der Waals surface area contributed by atoms with Crippen LogP contribution in [0.2, 0.25) is 0 Å². The maximum absolute atomic E-state index is 12.3. The third kappa shape index (κ3) is 3.88. The summed E-state index contributed by atoms with van der Waals surface area (Å²) >= 11 is 0. The van der Waals surface area contributed by atoms with E-state index >= 15 is 0 Å². The van der Waals surface area contributed by atoms with E-state index in [1.165, 1.54) is 25.7 Å². The monoisotopic (exact) mass is 325 g/mol. The minimum atomic E-state index is -3.62. The van der Waals surface area contributed by atoms with Crippen LogP contribution in [-0.2, 0) is 10.0 Å². The van der Waals surface area contributed by atoms with E-state index < -0.39 is 16.1 Å². The van der Waals surface area contributed by atoms with Crippen molar-refractivity contribution in [2.75, 3.05) is 13.7 Å². The fourth-order valence-electron chi connectivity index (χ4n) is 2.09. The van der Waals surface area contributed by atoms with E-state index in [0.29, 0.717) is 16.9 Å². The van der Waals surface area contributed by atoms with Crippen LogP contribution in [-0.4, -0.2) is 27.2 Å². The molecule has 0 aliphatic heterocycles. The van der Waals surface area contributed by atoms with Gasteiger partial charge in [0.05, 0.1) is 30.6 Å². The van der Waals surface area contributed by atoms with E-state index in [2.05, 4.69) is 4.72 Å². The fourth-order valence-corrected chi connectivity index (χ4v) is 3.36. The van der Waals surface area contributed by atoms with Gasteiger partial charge in [-0.05, 0) is 43.2 Å². The molecular weight excluding hydrogens is 306 g/mol. The number of nitrogens with one attached hydrogen (secondary N) is 1. The standard InChI is InChI=1S/C15H19NO5S/c1-11-9-13(20-2)3-4-15(11)22(18,19)16-7-5-14(17)12-6-8-21-10-12/h3-4,6,8-10,14,16-17H,5,7H2,1-2H3/t14-/m0/s1. The quantitative estimate of drug-likeness (QED) is 0.813. The Kier molecular flexibility index (Phi) is 5.23. The molecule has 22 heavy (non-hydrogen) atoms. The molecule has 2 N–H and O–H groups in total. The maximum Gasteiger partial charge on any atom is 0.240 e. The van der Waals surface area contributed by atoms with Gasteiger partial charge in [-0.2, -0.15) is 0 Å². The molecule has 6 nitrogen and oxygen atoms in total. The van der Waals surface area contributed by atoms with Crippen LogP contribution >= 0.6 is 0 Å². The molecule has 0 saturated carbocycles. The molecule has 1 aromatic heterocycles. The van der Waals surface area contributed by atoms with Gasteiger partial charge < -0.3 is 14.3 Å². The Morgan fingerprint density at radius 1 is 1.36 bits per heavy atom. The highest BCUT2D eigenvalue weighted by atomic mass is 32.2. The van der Waals surface area contributed by atoms with Gasteiger partial charge in [0.2, 0.25) is 10.0 Å². The first kappa shape index (κ1) is 16.5. The van der Waals surface area contributed by atoms with E-state index in [4.69, 9.17) is 9.15 Å². The number of methoxy groups -OCH3 is 1. The van der Waals surface area contributed by atoms with Crippen LogP contribution in [0.15, 0.2) is 46.1 Å². The van der Waals surface area contributed by atoms with Crippen LogP contribution in [0.1, 0.15) is 23.7 Å². The van der Waals surface area contributed by atoms with Gasteiger partial charge in [-0.25, -0.2) is 13.1 Å². The van der Waals surface area contributed by atoms with Gasteiger partial charge in [-0.15, -0.1) is 0 Å². The first-order chi connectivity index (χ1) is 10.4. The summed E-state index contributed by atoms with van der Waals surface area (Å²) in [5, 5.41) is 9.89. The van der Waals surface area contributed by atoms with Crippen LogP contribution < -0.4 is 9.46 Å². The third-order valence-electron chi connectivity index (χ3n) is 3.31. The summed E-state index contributed by atoms with van der Waals surface area (Å²) in [5.41, 5.74) is 1.22. The lowest BCUT2D eigenvalue weighted by Crippen LogP contribution is -2.26. The van der Waals surface area contributed by atoms with Crippen LogP contribution in [0.4, 0.5) is 0 Å². The van der Waals surface area contributed by atoms with Crippen molar-refractivity contribution >= 4 is 10.0 Å². The van der Waals surface area contributed by atoms with Crippen molar-refractivity contribution in [1.82, 2.24) is 4.72 Å². The molecule has 0 fully saturated rings. The lowest BCUT2D eigenvalue weighted by molar-refractivity contribution is 0.168. The number of furan rings is 1. The Labute approximate surface area is 129 Å². The van der Waals surface area contributed by atoms with Crippen LogP contribution in [0.25, 0.3) is 0 Å². The van der Waals surface area contributed by atoms with Gasteiger partial charge in [-0.3, -0.25) is 0 Å². The molecular formula is C15H19NO5S. The molecule has 2 aromatic rings. The number of ether oxygens (including phenoxy) is 1. The predicted molar refractivity (Wildman–Crippen MR) is 81.2 cm³/mol. The number of sulfonamides is 1. The molecule has 0 spiro atoms. The van der Waals surface area contributed by atoms with Crippen molar-refractivity contribution in [2.45, 2.75) is 24.3 Å². The summed E-state index contributed by atoms with van der Waals surface area (Å²) in [6.45, 7) is 1.83. The lowest BCUT2D eigenvalue weighted by atomic mass is 10.1. The molecule has 2 rings (SSSR count). The van der Waals surface area contributed by atoms with Crippen LogP contribution in [0, 0.1) is 6.92 Å². The number of benzene rings is 1. The molecule has 0 bridgehead atoms. The Morgan fingerprint density at radius 2 is 2.14 bits per heavy atom. The second-order valence-corrected chi connectivity index (χ2v) is 6.63. The van der Waals surface area contributed by atoms with Crippen molar-refractivity contribution in [3.8, 4) is 5.75 Å². The fraction of sp³-hybridized carbons (Fsp3) is 0.333. The predicted octanol–water partition coefficient (Wildman–Crippen LogP) is 2.00. The highest BCUT2D eigenvalue weighted by molar-refractivity contribution is 7.89. The molecule has 0 saturated heterocycles. The maximum atomic E-state index is 12.3. The topological polar surface area (TPSA) is 88.8 Å². The summed E-state index contributed by atoms with van der Waals surface area (Å²) in [6.07, 6.45) is 2.39. The van der Waals surface area contributed by atoms with E-state index in [0.717, 1.165) is 0 Å². The highest BCUT2D eigenvalue weighted by Crippen LogP contribution is 2.21. The summed E-state index contributed by atoms with van der Waals surface area (Å²) in [5.74, 6) is 0.604. The molecule has 0 aliphatic carbocycles. The van der Waals surface area contributed by atoms with Crippen molar-refractivity contribution in [2.24, 2.45) is 0 Å². The van der Waals surface area contributed by atoms with E-state index in [1.807, 2.05) is 0 Å². The summed E-state index contributed by atoms with van der Waals surface area (Å²) < 4.78 is 37.0. The van der Waals surface area contributed by atoms with Crippen molar-refractivity contribution < 1.29 is 22.7 Å². The normalized spacial score (nSPS) is 13.0. The molecule has 0 radical (unpaired) electrons. The SMILES string of the molecule is COc1ccc(S(=O)(=O)NCC[C@H](O)c2ccoc2)c(C)c1. The number of rotatable bonds is 7. The Bertz CT molecular complexity index is 710. The number of hydrogen-bond acceptors (Lipinski definition) is 5.